The standard InChI is InChI=1S/C12H12N2O3/c1-16-10-4-3-9(7-11(10)17-2)12(15)14-6-5-13-8-14/h3-8H,1-2H3. The molecule has 1 aromatic carbocycles. The Morgan fingerprint density at radius 3 is 2.59 bits per heavy atom. The molecular weight excluding hydrogens is 220 g/mol. The first-order valence-corrected chi connectivity index (χ1v) is 5.01. The Bertz CT molecular complexity index is 521. The summed E-state index contributed by atoms with van der Waals surface area (Å²) in [6.45, 7) is 0. The van der Waals surface area contributed by atoms with Gasteiger partial charge in [0.25, 0.3) is 5.91 Å². The number of imidazole rings is 1. The van der Waals surface area contributed by atoms with Gasteiger partial charge < -0.3 is 9.47 Å². The SMILES string of the molecule is COc1ccc(C(=O)n2ccnc2)cc1OC. The summed E-state index contributed by atoms with van der Waals surface area (Å²) < 4.78 is 11.7. The van der Waals surface area contributed by atoms with Crippen LogP contribution in [0.2, 0.25) is 0 Å². The first-order valence-electron chi connectivity index (χ1n) is 5.01. The van der Waals surface area contributed by atoms with Crippen molar-refractivity contribution in [3.8, 4) is 11.5 Å². The summed E-state index contributed by atoms with van der Waals surface area (Å²) in [5.74, 6) is 0.955. The Labute approximate surface area is 98.6 Å². The van der Waals surface area contributed by atoms with Crippen molar-refractivity contribution in [2.45, 2.75) is 0 Å². The topological polar surface area (TPSA) is 53.4 Å². The lowest BCUT2D eigenvalue weighted by Gasteiger charge is -2.09. The van der Waals surface area contributed by atoms with E-state index in [-0.39, 0.29) is 5.91 Å². The number of rotatable bonds is 3. The molecule has 0 unspecified atom stereocenters. The van der Waals surface area contributed by atoms with Gasteiger partial charge in [-0.15, -0.1) is 0 Å². The van der Waals surface area contributed by atoms with Crippen LogP contribution in [0, 0.1) is 0 Å². The highest BCUT2D eigenvalue weighted by Crippen LogP contribution is 2.27. The third-order valence-electron chi connectivity index (χ3n) is 2.37. The first kappa shape index (κ1) is 11.2. The Kier molecular flexibility index (Phi) is 3.09. The number of carbonyl (C=O) groups is 1. The van der Waals surface area contributed by atoms with Gasteiger partial charge in [-0.1, -0.05) is 0 Å². The van der Waals surface area contributed by atoms with Crippen LogP contribution in [-0.2, 0) is 0 Å². The van der Waals surface area contributed by atoms with Gasteiger partial charge in [0.15, 0.2) is 11.5 Å². The molecule has 0 aliphatic heterocycles. The minimum Gasteiger partial charge on any atom is -0.493 e. The molecule has 1 aromatic heterocycles. The van der Waals surface area contributed by atoms with Gasteiger partial charge in [-0.05, 0) is 18.2 Å². The minimum absolute atomic E-state index is 0.163. The minimum atomic E-state index is -0.163. The quantitative estimate of drug-likeness (QED) is 0.806. The van der Waals surface area contributed by atoms with E-state index in [4.69, 9.17) is 9.47 Å². The molecule has 0 amide bonds. The highest BCUT2D eigenvalue weighted by Gasteiger charge is 2.11. The monoisotopic (exact) mass is 232 g/mol. The molecule has 0 saturated heterocycles. The summed E-state index contributed by atoms with van der Waals surface area (Å²) in [4.78, 5) is 15.8. The zero-order chi connectivity index (χ0) is 12.3. The van der Waals surface area contributed by atoms with Gasteiger partial charge in [0.1, 0.15) is 6.33 Å². The fraction of sp³-hybridized carbons (Fsp3) is 0.167. The number of nitrogens with zero attached hydrogens (tertiary/aromatic N) is 2. The van der Waals surface area contributed by atoms with E-state index in [9.17, 15) is 4.79 Å². The van der Waals surface area contributed by atoms with Crippen molar-refractivity contribution in [1.82, 2.24) is 9.55 Å². The fourth-order valence-electron chi connectivity index (χ4n) is 1.50. The maximum Gasteiger partial charge on any atom is 0.263 e. The van der Waals surface area contributed by atoms with Crippen LogP contribution in [0.15, 0.2) is 36.9 Å². The molecule has 0 bridgehead atoms. The van der Waals surface area contributed by atoms with E-state index < -0.39 is 0 Å². The number of carbonyl (C=O) groups excluding carboxylic acids is 1. The summed E-state index contributed by atoms with van der Waals surface area (Å²) in [6, 6.07) is 5.02. The highest BCUT2D eigenvalue weighted by molar-refractivity contribution is 5.96. The van der Waals surface area contributed by atoms with Crippen LogP contribution in [0.3, 0.4) is 0 Å². The smallest absolute Gasteiger partial charge is 0.263 e. The normalized spacial score (nSPS) is 10.0. The number of hydrogen-bond acceptors (Lipinski definition) is 4. The van der Waals surface area contributed by atoms with Crippen molar-refractivity contribution in [3.63, 3.8) is 0 Å². The number of aromatic nitrogens is 2. The van der Waals surface area contributed by atoms with E-state index in [1.54, 1.807) is 37.7 Å². The van der Waals surface area contributed by atoms with Gasteiger partial charge in [0, 0.05) is 18.0 Å². The Morgan fingerprint density at radius 1 is 1.24 bits per heavy atom. The van der Waals surface area contributed by atoms with Crippen molar-refractivity contribution in [1.29, 1.82) is 0 Å². The molecule has 1 heterocycles. The molecule has 88 valence electrons. The van der Waals surface area contributed by atoms with Crippen molar-refractivity contribution in [3.05, 3.63) is 42.5 Å². The summed E-state index contributed by atoms with van der Waals surface area (Å²) >= 11 is 0. The fourth-order valence-corrected chi connectivity index (χ4v) is 1.50. The predicted molar refractivity (Wildman–Crippen MR) is 61.5 cm³/mol. The molecule has 5 nitrogen and oxygen atoms in total. The van der Waals surface area contributed by atoms with Gasteiger partial charge >= 0.3 is 0 Å². The molecule has 0 saturated carbocycles. The molecule has 0 aliphatic rings. The molecule has 2 aromatic rings. The largest absolute Gasteiger partial charge is 0.493 e. The summed E-state index contributed by atoms with van der Waals surface area (Å²) in [7, 11) is 3.08. The third-order valence-corrected chi connectivity index (χ3v) is 2.37. The average Bonchev–Trinajstić information content (AvgIpc) is 2.90. The maximum absolute atomic E-state index is 12.0. The molecule has 0 N–H and O–H groups in total. The lowest BCUT2D eigenvalue weighted by molar-refractivity contribution is 0.0959. The van der Waals surface area contributed by atoms with Crippen LogP contribution in [0.4, 0.5) is 0 Å². The highest BCUT2D eigenvalue weighted by atomic mass is 16.5. The van der Waals surface area contributed by atoms with Crippen LogP contribution in [-0.4, -0.2) is 29.7 Å². The zero-order valence-corrected chi connectivity index (χ0v) is 9.58. The van der Waals surface area contributed by atoms with Gasteiger partial charge in [0.2, 0.25) is 0 Å². The van der Waals surface area contributed by atoms with Crippen molar-refractivity contribution in [2.75, 3.05) is 14.2 Å². The van der Waals surface area contributed by atoms with E-state index >= 15 is 0 Å². The van der Waals surface area contributed by atoms with Crippen LogP contribution < -0.4 is 9.47 Å². The van der Waals surface area contributed by atoms with Gasteiger partial charge in [-0.2, -0.15) is 0 Å². The summed E-state index contributed by atoms with van der Waals surface area (Å²) in [5, 5.41) is 0. The molecule has 17 heavy (non-hydrogen) atoms. The van der Waals surface area contributed by atoms with Gasteiger partial charge in [-0.3, -0.25) is 9.36 Å². The van der Waals surface area contributed by atoms with Crippen LogP contribution >= 0.6 is 0 Å². The number of hydrogen-bond donors (Lipinski definition) is 0. The Balaban J connectivity index is 2.37. The average molecular weight is 232 g/mol. The molecule has 5 heteroatoms. The van der Waals surface area contributed by atoms with Crippen LogP contribution in [0.1, 0.15) is 10.4 Å². The third kappa shape index (κ3) is 2.13. The molecular formula is C12H12N2O3. The van der Waals surface area contributed by atoms with Gasteiger partial charge in [-0.25, -0.2) is 4.98 Å². The number of benzene rings is 1. The van der Waals surface area contributed by atoms with Crippen molar-refractivity contribution in [2.24, 2.45) is 0 Å². The van der Waals surface area contributed by atoms with Crippen molar-refractivity contribution >= 4 is 5.91 Å². The maximum atomic E-state index is 12.0. The number of methoxy groups -OCH3 is 2. The van der Waals surface area contributed by atoms with Crippen LogP contribution in [0.5, 0.6) is 11.5 Å². The number of ether oxygens (including phenoxy) is 2. The van der Waals surface area contributed by atoms with E-state index in [1.807, 2.05) is 0 Å². The van der Waals surface area contributed by atoms with E-state index in [0.717, 1.165) is 0 Å². The predicted octanol–water partition coefficient (Wildman–Crippen LogP) is 1.59. The molecule has 0 fully saturated rings. The second-order valence-electron chi connectivity index (χ2n) is 3.34. The Hall–Kier alpha value is -2.30. The molecule has 0 aliphatic carbocycles. The lowest BCUT2D eigenvalue weighted by Crippen LogP contribution is -2.09. The second-order valence-corrected chi connectivity index (χ2v) is 3.34. The molecule has 0 radical (unpaired) electrons. The zero-order valence-electron chi connectivity index (χ0n) is 9.58. The first-order chi connectivity index (χ1) is 8.26. The Morgan fingerprint density at radius 2 is 2.00 bits per heavy atom. The van der Waals surface area contributed by atoms with Crippen molar-refractivity contribution < 1.29 is 14.3 Å². The van der Waals surface area contributed by atoms with Crippen LogP contribution in [0.25, 0.3) is 0 Å². The van der Waals surface area contributed by atoms with Gasteiger partial charge in [0.05, 0.1) is 14.2 Å². The van der Waals surface area contributed by atoms with E-state index in [1.165, 1.54) is 18.0 Å². The lowest BCUT2D eigenvalue weighted by atomic mass is 10.2. The second kappa shape index (κ2) is 4.69. The summed E-state index contributed by atoms with van der Waals surface area (Å²) in [6.07, 6.45) is 4.61. The molecule has 0 atom stereocenters. The molecule has 0 spiro atoms. The summed E-state index contributed by atoms with van der Waals surface area (Å²) in [5.41, 5.74) is 0.514. The molecule has 2 rings (SSSR count). The van der Waals surface area contributed by atoms with E-state index in [0.29, 0.717) is 17.1 Å². The van der Waals surface area contributed by atoms with E-state index in [2.05, 4.69) is 4.98 Å².